The predicted octanol–water partition coefficient (Wildman–Crippen LogP) is 2.86. The molecule has 2 aromatic rings. The van der Waals surface area contributed by atoms with Crippen molar-refractivity contribution in [3.63, 3.8) is 0 Å². The Labute approximate surface area is 92.9 Å². The summed E-state index contributed by atoms with van der Waals surface area (Å²) in [6.07, 6.45) is 3.30. The van der Waals surface area contributed by atoms with Crippen LogP contribution in [-0.4, -0.2) is 14.8 Å². The van der Waals surface area contributed by atoms with Gasteiger partial charge < -0.3 is 4.42 Å². The molecule has 0 radical (unpaired) electrons. The summed E-state index contributed by atoms with van der Waals surface area (Å²) in [6.45, 7) is 5.15. The summed E-state index contributed by atoms with van der Waals surface area (Å²) in [5.74, 6) is 1.36. The Bertz CT molecular complexity index is 481. The Morgan fingerprint density at radius 3 is 3.00 bits per heavy atom. The van der Waals surface area contributed by atoms with Gasteiger partial charge >= 0.3 is 0 Å². The Hall–Kier alpha value is -1.36. The van der Waals surface area contributed by atoms with Gasteiger partial charge in [0, 0.05) is 6.54 Å². The zero-order chi connectivity index (χ0) is 10.8. The van der Waals surface area contributed by atoms with E-state index < -0.39 is 0 Å². The van der Waals surface area contributed by atoms with Crippen molar-refractivity contribution in [1.82, 2.24) is 14.8 Å². The molecule has 15 heavy (non-hydrogen) atoms. The Morgan fingerprint density at radius 2 is 2.40 bits per heavy atom. The molecule has 0 aromatic carbocycles. The summed E-state index contributed by atoms with van der Waals surface area (Å²) < 4.78 is 7.68. The molecule has 0 spiro atoms. The number of aromatic amines is 1. The van der Waals surface area contributed by atoms with Gasteiger partial charge in [-0.15, -0.1) is 0 Å². The van der Waals surface area contributed by atoms with Crippen LogP contribution in [0, 0.1) is 10.7 Å². The molecule has 2 aromatic heterocycles. The lowest BCUT2D eigenvalue weighted by molar-refractivity contribution is 0.520. The van der Waals surface area contributed by atoms with Crippen LogP contribution in [0.4, 0.5) is 0 Å². The summed E-state index contributed by atoms with van der Waals surface area (Å²) in [5, 5.41) is 7.00. The van der Waals surface area contributed by atoms with Gasteiger partial charge in [-0.05, 0) is 24.2 Å². The van der Waals surface area contributed by atoms with Gasteiger partial charge in [0.1, 0.15) is 6.26 Å². The van der Waals surface area contributed by atoms with E-state index in [0.717, 1.165) is 17.9 Å². The second-order valence-corrected chi connectivity index (χ2v) is 4.26. The summed E-state index contributed by atoms with van der Waals surface area (Å²) in [7, 11) is 0. The van der Waals surface area contributed by atoms with Gasteiger partial charge in [0.15, 0.2) is 10.6 Å². The third-order valence-corrected chi connectivity index (χ3v) is 2.40. The maximum Gasteiger partial charge on any atom is 0.195 e. The second kappa shape index (κ2) is 4.02. The first-order valence-corrected chi connectivity index (χ1v) is 5.27. The van der Waals surface area contributed by atoms with E-state index in [0.29, 0.717) is 10.7 Å². The smallest absolute Gasteiger partial charge is 0.195 e. The number of nitrogens with one attached hydrogen (secondary N) is 1. The van der Waals surface area contributed by atoms with Crippen LogP contribution in [0.25, 0.3) is 11.4 Å². The Balaban J connectivity index is 2.45. The van der Waals surface area contributed by atoms with Gasteiger partial charge in [0.2, 0.25) is 0 Å². The van der Waals surface area contributed by atoms with Crippen LogP contribution in [0.3, 0.4) is 0 Å². The van der Waals surface area contributed by atoms with Crippen LogP contribution in [0.15, 0.2) is 23.0 Å². The van der Waals surface area contributed by atoms with Crippen LogP contribution in [0.2, 0.25) is 0 Å². The highest BCUT2D eigenvalue weighted by atomic mass is 32.1. The van der Waals surface area contributed by atoms with E-state index in [1.54, 1.807) is 12.5 Å². The molecule has 0 atom stereocenters. The number of furan rings is 1. The fraction of sp³-hybridized carbons (Fsp3) is 0.400. The first kappa shape index (κ1) is 10.2. The van der Waals surface area contributed by atoms with Crippen molar-refractivity contribution in [2.75, 3.05) is 0 Å². The summed E-state index contributed by atoms with van der Waals surface area (Å²) in [6, 6.07) is 1.88. The van der Waals surface area contributed by atoms with Gasteiger partial charge in [-0.25, -0.2) is 0 Å². The normalized spacial score (nSPS) is 11.1. The second-order valence-electron chi connectivity index (χ2n) is 3.87. The van der Waals surface area contributed by atoms with E-state index in [-0.39, 0.29) is 0 Å². The number of hydrogen-bond donors (Lipinski definition) is 1. The summed E-state index contributed by atoms with van der Waals surface area (Å²) >= 11 is 5.18. The van der Waals surface area contributed by atoms with E-state index >= 15 is 0 Å². The van der Waals surface area contributed by atoms with Crippen molar-refractivity contribution in [2.45, 2.75) is 20.4 Å². The molecule has 4 nitrogen and oxygen atoms in total. The first-order valence-electron chi connectivity index (χ1n) is 4.86. The molecule has 2 rings (SSSR count). The highest BCUT2D eigenvalue weighted by molar-refractivity contribution is 7.71. The Morgan fingerprint density at radius 1 is 1.60 bits per heavy atom. The topological polar surface area (TPSA) is 46.8 Å². The number of nitrogens with zero attached hydrogens (tertiary/aromatic N) is 2. The van der Waals surface area contributed by atoms with Crippen molar-refractivity contribution in [3.8, 4) is 11.4 Å². The molecular weight excluding hydrogens is 210 g/mol. The lowest BCUT2D eigenvalue weighted by Crippen LogP contribution is -2.06. The lowest BCUT2D eigenvalue weighted by atomic mass is 10.2. The molecule has 0 saturated heterocycles. The fourth-order valence-corrected chi connectivity index (χ4v) is 1.67. The van der Waals surface area contributed by atoms with Crippen LogP contribution < -0.4 is 0 Å². The summed E-state index contributed by atoms with van der Waals surface area (Å²) in [4.78, 5) is 0. The van der Waals surface area contributed by atoms with Crippen LogP contribution in [-0.2, 0) is 6.54 Å². The van der Waals surface area contributed by atoms with Crippen molar-refractivity contribution in [1.29, 1.82) is 0 Å². The van der Waals surface area contributed by atoms with Crippen molar-refractivity contribution in [2.24, 2.45) is 5.92 Å². The molecule has 0 saturated carbocycles. The monoisotopic (exact) mass is 223 g/mol. The van der Waals surface area contributed by atoms with Crippen LogP contribution in [0.5, 0.6) is 0 Å². The van der Waals surface area contributed by atoms with Gasteiger partial charge in [-0.1, -0.05) is 13.8 Å². The SMILES string of the molecule is CC(C)Cn1c(-c2ccoc2)n[nH]c1=S. The quantitative estimate of drug-likeness (QED) is 0.814. The molecule has 5 heteroatoms. The Kier molecular flexibility index (Phi) is 2.73. The molecule has 80 valence electrons. The average Bonchev–Trinajstić information content (AvgIpc) is 2.76. The molecule has 0 amide bonds. The molecule has 0 fully saturated rings. The summed E-state index contributed by atoms with van der Waals surface area (Å²) in [5.41, 5.74) is 0.947. The molecule has 0 bridgehead atoms. The third kappa shape index (κ3) is 2.02. The number of H-pyrrole nitrogens is 1. The highest BCUT2D eigenvalue weighted by Gasteiger charge is 2.10. The maximum atomic E-state index is 5.18. The number of hydrogen-bond acceptors (Lipinski definition) is 3. The van der Waals surface area contributed by atoms with Crippen molar-refractivity contribution < 1.29 is 4.42 Å². The van der Waals surface area contributed by atoms with Crippen LogP contribution in [0.1, 0.15) is 13.8 Å². The predicted molar refractivity (Wildman–Crippen MR) is 60.0 cm³/mol. The minimum Gasteiger partial charge on any atom is -0.472 e. The van der Waals surface area contributed by atoms with E-state index in [1.165, 1.54) is 0 Å². The standard InChI is InChI=1S/C10H13N3OS/c1-7(2)5-13-9(11-12-10(13)15)8-3-4-14-6-8/h3-4,6-7H,5H2,1-2H3,(H,12,15). The van der Waals surface area contributed by atoms with Gasteiger partial charge in [-0.3, -0.25) is 9.67 Å². The first-order chi connectivity index (χ1) is 7.18. The molecule has 0 aliphatic heterocycles. The molecule has 1 N–H and O–H groups in total. The molecule has 0 aliphatic carbocycles. The lowest BCUT2D eigenvalue weighted by Gasteiger charge is -2.07. The largest absolute Gasteiger partial charge is 0.472 e. The van der Waals surface area contributed by atoms with Gasteiger partial charge in [0.25, 0.3) is 0 Å². The number of aromatic nitrogens is 3. The van der Waals surface area contributed by atoms with Crippen molar-refractivity contribution >= 4 is 12.2 Å². The van der Waals surface area contributed by atoms with Crippen LogP contribution >= 0.6 is 12.2 Å². The average molecular weight is 223 g/mol. The third-order valence-electron chi connectivity index (χ3n) is 2.09. The van der Waals surface area contributed by atoms with E-state index in [9.17, 15) is 0 Å². The minimum absolute atomic E-state index is 0.528. The van der Waals surface area contributed by atoms with E-state index in [4.69, 9.17) is 16.6 Å². The minimum atomic E-state index is 0.528. The zero-order valence-electron chi connectivity index (χ0n) is 8.73. The van der Waals surface area contributed by atoms with Gasteiger partial charge in [-0.2, -0.15) is 5.10 Å². The molecular formula is C10H13N3OS. The molecule has 0 aliphatic rings. The molecule has 2 heterocycles. The van der Waals surface area contributed by atoms with E-state index in [2.05, 4.69) is 24.0 Å². The zero-order valence-corrected chi connectivity index (χ0v) is 9.54. The molecule has 0 unspecified atom stereocenters. The number of rotatable bonds is 3. The van der Waals surface area contributed by atoms with Gasteiger partial charge in [0.05, 0.1) is 11.8 Å². The maximum absolute atomic E-state index is 5.18. The van der Waals surface area contributed by atoms with E-state index in [1.807, 2.05) is 10.6 Å². The van der Waals surface area contributed by atoms with Crippen molar-refractivity contribution in [3.05, 3.63) is 23.4 Å². The highest BCUT2D eigenvalue weighted by Crippen LogP contribution is 2.18. The fourth-order valence-electron chi connectivity index (χ4n) is 1.46.